The molecule has 0 unspecified atom stereocenters. The van der Waals surface area contributed by atoms with Gasteiger partial charge in [0.1, 0.15) is 19.6 Å². The second-order valence-electron chi connectivity index (χ2n) is 6.78. The number of halogens is 1. The molecule has 148 valence electrons. The van der Waals surface area contributed by atoms with Crippen LogP contribution in [-0.2, 0) is 20.8 Å². The van der Waals surface area contributed by atoms with Gasteiger partial charge >= 0.3 is 5.97 Å². The summed E-state index contributed by atoms with van der Waals surface area (Å²) >= 11 is 5.90. The third kappa shape index (κ3) is 5.79. The van der Waals surface area contributed by atoms with Crippen LogP contribution in [-0.4, -0.2) is 44.3 Å². The number of benzene rings is 2. The van der Waals surface area contributed by atoms with Gasteiger partial charge in [-0.25, -0.2) is 4.79 Å². The predicted octanol–water partition coefficient (Wildman–Crippen LogP) is 1.94. The number of ether oxygens (including phenoxy) is 2. The summed E-state index contributed by atoms with van der Waals surface area (Å²) in [5.41, 5.74) is 2.12. The average molecular weight is 404 g/mol. The molecule has 1 amide bonds. The van der Waals surface area contributed by atoms with Crippen LogP contribution in [0.2, 0.25) is 5.02 Å². The van der Waals surface area contributed by atoms with Gasteiger partial charge in [0.2, 0.25) is 0 Å². The van der Waals surface area contributed by atoms with Crippen LogP contribution in [0.3, 0.4) is 0 Å². The van der Waals surface area contributed by atoms with Gasteiger partial charge in [-0.1, -0.05) is 29.8 Å². The lowest BCUT2D eigenvalue weighted by Crippen LogP contribution is -3.12. The van der Waals surface area contributed by atoms with Crippen molar-refractivity contribution in [3.8, 4) is 0 Å². The number of nitrogens with one attached hydrogen (secondary N) is 2. The summed E-state index contributed by atoms with van der Waals surface area (Å²) < 4.78 is 10.7. The molecule has 6 nitrogen and oxygen atoms in total. The Balaban J connectivity index is 1.52. The van der Waals surface area contributed by atoms with Gasteiger partial charge in [-0.15, -0.1) is 0 Å². The maximum Gasteiger partial charge on any atom is 0.338 e. The quantitative estimate of drug-likeness (QED) is 0.723. The van der Waals surface area contributed by atoms with E-state index in [2.05, 4.69) is 5.32 Å². The van der Waals surface area contributed by atoms with Gasteiger partial charge in [0, 0.05) is 16.3 Å². The van der Waals surface area contributed by atoms with Crippen molar-refractivity contribution in [2.45, 2.75) is 19.6 Å². The molecule has 1 heterocycles. The molecule has 0 aliphatic carbocycles. The zero-order chi connectivity index (χ0) is 19.9. The molecule has 1 aliphatic heterocycles. The normalized spacial score (nSPS) is 15.6. The average Bonchev–Trinajstić information content (AvgIpc) is 2.69. The van der Waals surface area contributed by atoms with Crippen LogP contribution in [0.5, 0.6) is 0 Å². The van der Waals surface area contributed by atoms with Crippen molar-refractivity contribution in [1.82, 2.24) is 0 Å². The molecule has 7 heteroatoms. The first kappa shape index (κ1) is 20.3. The van der Waals surface area contributed by atoms with Crippen LogP contribution in [0.15, 0.2) is 48.5 Å². The summed E-state index contributed by atoms with van der Waals surface area (Å²) in [4.78, 5) is 26.0. The minimum atomic E-state index is -0.927. The second kappa shape index (κ2) is 9.68. The SMILES string of the molecule is C[C@H](OC(=O)c1ccc(C[NH+]2CCOCC2)cc1)C(=O)Nc1cccc(Cl)c1. The minimum absolute atomic E-state index is 0.414. The Morgan fingerprint density at radius 2 is 1.89 bits per heavy atom. The fourth-order valence-corrected chi connectivity index (χ4v) is 3.17. The molecule has 1 fully saturated rings. The Morgan fingerprint density at radius 3 is 2.57 bits per heavy atom. The first-order chi connectivity index (χ1) is 13.5. The number of carbonyl (C=O) groups is 2. The van der Waals surface area contributed by atoms with Crippen LogP contribution in [0.25, 0.3) is 0 Å². The maximum absolute atomic E-state index is 12.3. The molecular formula is C21H24ClN2O4+. The van der Waals surface area contributed by atoms with Gasteiger partial charge in [0.15, 0.2) is 6.10 Å². The summed E-state index contributed by atoms with van der Waals surface area (Å²) in [5, 5.41) is 3.20. The molecule has 0 bridgehead atoms. The molecule has 3 rings (SSSR count). The topological polar surface area (TPSA) is 69.1 Å². The van der Waals surface area contributed by atoms with Crippen molar-refractivity contribution >= 4 is 29.2 Å². The summed E-state index contributed by atoms with van der Waals surface area (Å²) in [5.74, 6) is -0.942. The minimum Gasteiger partial charge on any atom is -0.449 e. The van der Waals surface area contributed by atoms with Gasteiger partial charge < -0.3 is 19.7 Å². The Hall–Kier alpha value is -2.41. The smallest absolute Gasteiger partial charge is 0.338 e. The van der Waals surface area contributed by atoms with Crippen molar-refractivity contribution in [3.63, 3.8) is 0 Å². The molecule has 1 aliphatic rings. The van der Waals surface area contributed by atoms with Gasteiger partial charge in [0.05, 0.1) is 18.8 Å². The molecule has 2 aromatic carbocycles. The number of hydrogen-bond acceptors (Lipinski definition) is 4. The van der Waals surface area contributed by atoms with Gasteiger partial charge in [0.25, 0.3) is 5.91 Å². The van der Waals surface area contributed by atoms with Crippen molar-refractivity contribution in [2.24, 2.45) is 0 Å². The van der Waals surface area contributed by atoms with Crippen LogP contribution in [0.4, 0.5) is 5.69 Å². The van der Waals surface area contributed by atoms with E-state index in [4.69, 9.17) is 21.1 Å². The largest absolute Gasteiger partial charge is 0.449 e. The summed E-state index contributed by atoms with van der Waals surface area (Å²) in [6, 6.07) is 14.1. The summed E-state index contributed by atoms with van der Waals surface area (Å²) in [6.45, 7) is 5.99. The Kier molecular flexibility index (Phi) is 7.03. The highest BCUT2D eigenvalue weighted by molar-refractivity contribution is 6.30. The summed E-state index contributed by atoms with van der Waals surface area (Å²) in [7, 11) is 0. The lowest BCUT2D eigenvalue weighted by molar-refractivity contribution is -0.921. The van der Waals surface area contributed by atoms with E-state index in [1.54, 1.807) is 36.4 Å². The highest BCUT2D eigenvalue weighted by Crippen LogP contribution is 2.15. The molecule has 28 heavy (non-hydrogen) atoms. The second-order valence-corrected chi connectivity index (χ2v) is 7.22. The van der Waals surface area contributed by atoms with E-state index >= 15 is 0 Å². The zero-order valence-electron chi connectivity index (χ0n) is 15.7. The van der Waals surface area contributed by atoms with E-state index < -0.39 is 18.0 Å². The molecule has 2 aromatic rings. The van der Waals surface area contributed by atoms with Crippen LogP contribution in [0, 0.1) is 0 Å². The zero-order valence-corrected chi connectivity index (χ0v) is 16.5. The van der Waals surface area contributed by atoms with Gasteiger partial charge in [-0.05, 0) is 37.3 Å². The first-order valence-electron chi connectivity index (χ1n) is 9.29. The van der Waals surface area contributed by atoms with Crippen LogP contribution >= 0.6 is 11.6 Å². The van der Waals surface area contributed by atoms with Gasteiger partial charge in [-0.3, -0.25) is 4.79 Å². The van der Waals surface area contributed by atoms with E-state index in [9.17, 15) is 9.59 Å². The maximum atomic E-state index is 12.3. The lowest BCUT2D eigenvalue weighted by atomic mass is 10.1. The number of quaternary nitrogens is 1. The molecule has 2 N–H and O–H groups in total. The van der Waals surface area contributed by atoms with Crippen molar-refractivity contribution in [2.75, 3.05) is 31.6 Å². The molecule has 0 aromatic heterocycles. The van der Waals surface area contributed by atoms with E-state index in [-0.39, 0.29) is 0 Å². The summed E-state index contributed by atoms with van der Waals surface area (Å²) in [6.07, 6.45) is -0.927. The number of rotatable bonds is 6. The third-order valence-electron chi connectivity index (χ3n) is 4.59. The number of amides is 1. The van der Waals surface area contributed by atoms with E-state index in [0.29, 0.717) is 16.3 Å². The molecule has 0 saturated carbocycles. The predicted molar refractivity (Wildman–Crippen MR) is 107 cm³/mol. The number of morpholine rings is 1. The van der Waals surface area contributed by atoms with Gasteiger partial charge in [-0.2, -0.15) is 0 Å². The Bertz CT molecular complexity index is 819. The fourth-order valence-electron chi connectivity index (χ4n) is 2.98. The highest BCUT2D eigenvalue weighted by Gasteiger charge is 2.20. The van der Waals surface area contributed by atoms with Crippen LogP contribution in [0.1, 0.15) is 22.8 Å². The molecule has 0 spiro atoms. The Labute approximate surface area is 169 Å². The monoisotopic (exact) mass is 403 g/mol. The van der Waals surface area contributed by atoms with Crippen molar-refractivity contribution in [3.05, 3.63) is 64.7 Å². The van der Waals surface area contributed by atoms with E-state index in [1.165, 1.54) is 11.8 Å². The highest BCUT2D eigenvalue weighted by atomic mass is 35.5. The van der Waals surface area contributed by atoms with Crippen LogP contribution < -0.4 is 10.2 Å². The molecule has 1 saturated heterocycles. The lowest BCUT2D eigenvalue weighted by Gasteiger charge is -2.23. The van der Waals surface area contributed by atoms with Crippen molar-refractivity contribution < 1.29 is 24.0 Å². The number of anilines is 1. The third-order valence-corrected chi connectivity index (χ3v) is 4.82. The number of esters is 1. The fraction of sp³-hybridized carbons (Fsp3) is 0.333. The number of hydrogen-bond donors (Lipinski definition) is 2. The van der Waals surface area contributed by atoms with E-state index in [0.717, 1.165) is 38.4 Å². The standard InChI is InChI=1S/C21H23ClN2O4/c1-15(20(25)23-19-4-2-3-18(22)13-19)28-21(26)17-7-5-16(6-8-17)14-24-9-11-27-12-10-24/h2-8,13,15H,9-12,14H2,1H3,(H,23,25)/p+1/t15-/m0/s1. The Morgan fingerprint density at radius 1 is 1.18 bits per heavy atom. The molecular weight excluding hydrogens is 380 g/mol. The molecule has 0 radical (unpaired) electrons. The molecule has 1 atom stereocenters. The van der Waals surface area contributed by atoms with E-state index in [1.807, 2.05) is 12.1 Å². The first-order valence-corrected chi connectivity index (χ1v) is 9.67. The number of carbonyl (C=O) groups excluding carboxylic acids is 2. The van der Waals surface area contributed by atoms with Crippen molar-refractivity contribution in [1.29, 1.82) is 0 Å².